The zero-order chi connectivity index (χ0) is 16.7. The molecule has 0 aromatic carbocycles. The lowest BCUT2D eigenvalue weighted by molar-refractivity contribution is -0.143. The second kappa shape index (κ2) is 6.35. The first kappa shape index (κ1) is 16.4. The van der Waals surface area contributed by atoms with E-state index in [2.05, 4.69) is 0 Å². The normalized spacial score (nSPS) is 37.4. The topological polar surface area (TPSA) is 59.1 Å². The van der Waals surface area contributed by atoms with Gasteiger partial charge in [0.05, 0.1) is 31.1 Å². The van der Waals surface area contributed by atoms with E-state index in [-0.39, 0.29) is 29.8 Å². The molecule has 24 heavy (non-hydrogen) atoms. The number of likely N-dealkylation sites (tertiary alicyclic amines) is 1. The highest BCUT2D eigenvalue weighted by atomic mass is 32.2. The highest BCUT2D eigenvalue weighted by molar-refractivity contribution is 7.99. The molecule has 0 aromatic rings. The molecular weight excluding hydrogens is 328 g/mol. The van der Waals surface area contributed by atoms with Crippen LogP contribution in [-0.2, 0) is 19.1 Å². The maximum absolute atomic E-state index is 13.0. The average Bonchev–Trinajstić information content (AvgIpc) is 3.24. The van der Waals surface area contributed by atoms with Gasteiger partial charge in [0.2, 0.25) is 11.8 Å². The average molecular weight is 352 g/mol. The third-order valence-corrected chi connectivity index (χ3v) is 6.44. The smallest absolute Gasteiger partial charge is 0.230 e. The van der Waals surface area contributed by atoms with E-state index in [1.807, 2.05) is 35.7 Å². The molecule has 3 saturated heterocycles. The second-order valence-corrected chi connectivity index (χ2v) is 8.02. The van der Waals surface area contributed by atoms with Crippen LogP contribution in [0.3, 0.4) is 0 Å². The van der Waals surface area contributed by atoms with E-state index in [4.69, 9.17) is 9.47 Å². The van der Waals surface area contributed by atoms with Crippen LogP contribution in [0.2, 0.25) is 0 Å². The lowest BCUT2D eigenvalue weighted by atomic mass is 9.76. The van der Waals surface area contributed by atoms with Gasteiger partial charge in [-0.3, -0.25) is 9.59 Å². The summed E-state index contributed by atoms with van der Waals surface area (Å²) in [5.41, 5.74) is -0.598. The van der Waals surface area contributed by atoms with Crippen molar-refractivity contribution >= 4 is 23.6 Å². The second-order valence-electron chi connectivity index (χ2n) is 6.79. The summed E-state index contributed by atoms with van der Waals surface area (Å²) in [7, 11) is 0. The monoisotopic (exact) mass is 352 g/mol. The van der Waals surface area contributed by atoms with Crippen molar-refractivity contribution in [1.82, 2.24) is 9.80 Å². The van der Waals surface area contributed by atoms with Gasteiger partial charge >= 0.3 is 0 Å². The largest absolute Gasteiger partial charge is 0.380 e. The Morgan fingerprint density at radius 2 is 2.25 bits per heavy atom. The van der Waals surface area contributed by atoms with Crippen LogP contribution in [0, 0.1) is 11.8 Å². The molecule has 1 spiro atoms. The van der Waals surface area contributed by atoms with Crippen molar-refractivity contribution in [1.29, 1.82) is 0 Å². The lowest BCUT2D eigenvalue weighted by Gasteiger charge is -2.32. The third kappa shape index (κ3) is 2.48. The number of amides is 2. The third-order valence-electron chi connectivity index (χ3n) is 5.50. The van der Waals surface area contributed by atoms with Crippen molar-refractivity contribution in [3.05, 3.63) is 12.2 Å². The van der Waals surface area contributed by atoms with E-state index >= 15 is 0 Å². The number of fused-ring (bicyclic) bond motifs is 1. The van der Waals surface area contributed by atoms with Gasteiger partial charge in [0.1, 0.15) is 5.60 Å². The molecule has 4 heterocycles. The molecule has 0 aliphatic carbocycles. The van der Waals surface area contributed by atoms with Gasteiger partial charge in [-0.15, -0.1) is 0 Å². The molecule has 7 heteroatoms. The number of nitrogens with zero attached hydrogens (tertiary/aromatic N) is 2. The predicted octanol–water partition coefficient (Wildman–Crippen LogP) is 0.380. The van der Waals surface area contributed by atoms with E-state index < -0.39 is 5.60 Å². The van der Waals surface area contributed by atoms with Gasteiger partial charge in [-0.25, -0.2) is 0 Å². The fourth-order valence-corrected chi connectivity index (χ4v) is 5.27. The van der Waals surface area contributed by atoms with Crippen molar-refractivity contribution < 1.29 is 19.1 Å². The number of hydrogen-bond donors (Lipinski definition) is 0. The van der Waals surface area contributed by atoms with Crippen LogP contribution in [0.15, 0.2) is 12.2 Å². The molecule has 4 aliphatic rings. The summed E-state index contributed by atoms with van der Waals surface area (Å²) in [5.74, 6) is 1.37. The summed E-state index contributed by atoms with van der Waals surface area (Å²) in [6.45, 7) is 5.77. The molecule has 2 bridgehead atoms. The Labute approximate surface area is 146 Å². The Morgan fingerprint density at radius 1 is 1.46 bits per heavy atom. The van der Waals surface area contributed by atoms with Crippen LogP contribution in [-0.4, -0.2) is 84.2 Å². The lowest BCUT2D eigenvalue weighted by Crippen LogP contribution is -2.48. The Morgan fingerprint density at radius 3 is 3.00 bits per heavy atom. The molecule has 0 N–H and O–H groups in total. The Bertz CT molecular complexity index is 563. The molecule has 0 saturated carbocycles. The van der Waals surface area contributed by atoms with Crippen molar-refractivity contribution in [2.24, 2.45) is 11.8 Å². The summed E-state index contributed by atoms with van der Waals surface area (Å²) in [6.07, 6.45) is 3.75. The first-order chi connectivity index (χ1) is 11.7. The van der Waals surface area contributed by atoms with E-state index in [0.717, 1.165) is 24.6 Å². The van der Waals surface area contributed by atoms with Crippen LogP contribution in [0.4, 0.5) is 0 Å². The summed E-state index contributed by atoms with van der Waals surface area (Å²) < 4.78 is 11.5. The molecule has 132 valence electrons. The zero-order valence-electron chi connectivity index (χ0n) is 14.0. The Balaban J connectivity index is 1.52. The van der Waals surface area contributed by atoms with Crippen LogP contribution in [0.1, 0.15) is 6.92 Å². The number of hydrogen-bond acceptors (Lipinski definition) is 5. The minimum atomic E-state index is -0.598. The van der Waals surface area contributed by atoms with E-state index in [0.29, 0.717) is 26.3 Å². The number of carbonyl (C=O) groups excluding carboxylic acids is 2. The number of rotatable bonds is 5. The maximum Gasteiger partial charge on any atom is 0.230 e. The molecule has 2 amide bonds. The highest BCUT2D eigenvalue weighted by Gasteiger charge is 2.67. The van der Waals surface area contributed by atoms with Crippen molar-refractivity contribution in [2.75, 3.05) is 50.9 Å². The first-order valence-corrected chi connectivity index (χ1v) is 9.92. The van der Waals surface area contributed by atoms with Gasteiger partial charge in [-0.05, 0) is 6.92 Å². The van der Waals surface area contributed by atoms with Crippen LogP contribution < -0.4 is 0 Å². The van der Waals surface area contributed by atoms with Crippen molar-refractivity contribution in [2.45, 2.75) is 18.6 Å². The van der Waals surface area contributed by atoms with E-state index in [1.54, 1.807) is 4.90 Å². The molecule has 0 unspecified atom stereocenters. The van der Waals surface area contributed by atoms with E-state index in [1.165, 1.54) is 0 Å². The fourth-order valence-electron chi connectivity index (χ4n) is 4.36. The van der Waals surface area contributed by atoms with Crippen molar-refractivity contribution in [3.8, 4) is 0 Å². The molecule has 0 aromatic heterocycles. The van der Waals surface area contributed by atoms with Gasteiger partial charge < -0.3 is 19.3 Å². The molecule has 6 nitrogen and oxygen atoms in total. The molecule has 4 atom stereocenters. The molecule has 4 rings (SSSR count). The van der Waals surface area contributed by atoms with Crippen molar-refractivity contribution in [3.63, 3.8) is 0 Å². The molecule has 0 radical (unpaired) electrons. The minimum Gasteiger partial charge on any atom is -0.380 e. The van der Waals surface area contributed by atoms with Gasteiger partial charge in [-0.1, -0.05) is 12.2 Å². The maximum atomic E-state index is 13.0. The van der Waals surface area contributed by atoms with Gasteiger partial charge in [0, 0.05) is 37.7 Å². The Kier molecular flexibility index (Phi) is 4.34. The van der Waals surface area contributed by atoms with Crippen LogP contribution in [0.25, 0.3) is 0 Å². The Hall–Kier alpha value is -1.05. The standard InChI is InChI=1S/C17H24N2O4S/c1-2-22-8-5-19-11-17-4-3-12(23-17)13(14(17)16(19)21)15(20)18-6-9-24-10-7-18/h3-4,12-14H,2,5-11H2,1H3/t12-,13-,14+,17-/m0/s1. The minimum absolute atomic E-state index is 0.0475. The number of thioether (sulfide) groups is 1. The van der Waals surface area contributed by atoms with Crippen LogP contribution in [0.5, 0.6) is 0 Å². The summed E-state index contributed by atoms with van der Waals surface area (Å²) in [6, 6.07) is 0. The molecule has 4 aliphatic heterocycles. The van der Waals surface area contributed by atoms with Gasteiger partial charge in [0.25, 0.3) is 0 Å². The number of carbonyl (C=O) groups is 2. The van der Waals surface area contributed by atoms with Gasteiger partial charge in [-0.2, -0.15) is 11.8 Å². The fraction of sp³-hybridized carbons (Fsp3) is 0.765. The molecule has 3 fully saturated rings. The van der Waals surface area contributed by atoms with Crippen LogP contribution >= 0.6 is 11.8 Å². The van der Waals surface area contributed by atoms with Gasteiger partial charge in [0.15, 0.2) is 0 Å². The van der Waals surface area contributed by atoms with E-state index in [9.17, 15) is 9.59 Å². The first-order valence-electron chi connectivity index (χ1n) is 8.76. The summed E-state index contributed by atoms with van der Waals surface area (Å²) in [4.78, 5) is 29.7. The quantitative estimate of drug-likeness (QED) is 0.529. The molecular formula is C17H24N2O4S. The summed E-state index contributed by atoms with van der Waals surface area (Å²) >= 11 is 1.88. The summed E-state index contributed by atoms with van der Waals surface area (Å²) in [5, 5.41) is 0. The highest BCUT2D eigenvalue weighted by Crippen LogP contribution is 2.52. The number of ether oxygens (including phenoxy) is 2. The zero-order valence-corrected chi connectivity index (χ0v) is 14.8. The SMILES string of the molecule is CCOCCN1C[C@]23C=C[C@H](O2)[C@H](C(=O)N2CCSCC2)[C@@H]3C1=O. The predicted molar refractivity (Wildman–Crippen MR) is 90.7 cm³/mol.